The molecule has 3 N–H and O–H groups in total. The Balaban J connectivity index is 1.33. The number of aromatic nitrogens is 3. The van der Waals surface area contributed by atoms with Crippen LogP contribution in [-0.4, -0.2) is 82.4 Å². The molecule has 2 atom stereocenters. The van der Waals surface area contributed by atoms with Gasteiger partial charge in [0.2, 0.25) is 11.7 Å². The Kier molecular flexibility index (Phi) is 5.65. The molecule has 2 fully saturated rings. The summed E-state index contributed by atoms with van der Waals surface area (Å²) in [7, 11) is 1.55. The molecule has 6 rings (SSSR count). The first-order valence-electron chi connectivity index (χ1n) is 14.2. The van der Waals surface area contributed by atoms with Crippen LogP contribution < -0.4 is 25.8 Å². The number of benzene rings is 1. The maximum Gasteiger partial charge on any atom is 0.301 e. The van der Waals surface area contributed by atoms with Crippen LogP contribution in [0.1, 0.15) is 17.0 Å². The Morgan fingerprint density at radius 3 is 2.90 bits per heavy atom. The molecule has 2 aliphatic heterocycles. The molecule has 10 nitrogen and oxygen atoms in total. The monoisotopic (exact) mass is 564 g/mol. The van der Waals surface area contributed by atoms with E-state index in [0.29, 0.717) is 29.4 Å². The highest BCUT2D eigenvalue weighted by Crippen LogP contribution is 2.45. The fourth-order valence-electron chi connectivity index (χ4n) is 5.19. The lowest BCUT2D eigenvalue weighted by Gasteiger charge is -2.25. The molecule has 0 radical (unpaired) electrons. The molecule has 0 bridgehead atoms. The average molecular weight is 565 g/mol. The van der Waals surface area contributed by atoms with E-state index in [1.807, 2.05) is 0 Å². The summed E-state index contributed by atoms with van der Waals surface area (Å²) in [6.45, 7) is -2.67. The van der Waals surface area contributed by atoms with E-state index in [1.54, 1.807) is 30.1 Å². The number of β-amino-alcohol motifs (C(OH)–C–C–N with tert-alkyl or cyclic N) is 1. The zero-order valence-corrected chi connectivity index (χ0v) is 21.9. The molecule has 1 aromatic carbocycles. The van der Waals surface area contributed by atoms with E-state index in [1.165, 1.54) is 15.7 Å². The zero-order chi connectivity index (χ0) is 30.0. The van der Waals surface area contributed by atoms with Crippen molar-refractivity contribution in [3.63, 3.8) is 0 Å². The van der Waals surface area contributed by atoms with Crippen LogP contribution in [0, 0.1) is 5.92 Å². The molecule has 1 aliphatic carbocycles. The first-order valence-corrected chi connectivity index (χ1v) is 13.1. The highest BCUT2D eigenvalue weighted by Gasteiger charge is 2.51. The number of ether oxygens (including phenoxy) is 1. The Hall–Kier alpha value is -3.22. The highest BCUT2D eigenvalue weighted by atomic mass is 35.5. The molecule has 13 heteroatoms. The SMILES string of the molecule is [2H]C([2H])([2H])N1CCN(c2ncc(Cl)c(Nc3ccc4c(c3)c3c(c(=O)n4C)OCC(F)(F)[C@H](C4CC4)N3)n2)CC(O)C1. The van der Waals surface area contributed by atoms with Crippen molar-refractivity contribution in [3.8, 4) is 5.75 Å². The summed E-state index contributed by atoms with van der Waals surface area (Å²) in [4.78, 5) is 24.8. The number of nitrogens with zero attached hydrogens (tertiary/aromatic N) is 5. The number of fused-ring (bicyclic) bond motifs is 3. The minimum Gasteiger partial charge on any atom is -0.480 e. The van der Waals surface area contributed by atoms with Gasteiger partial charge in [-0.15, -0.1) is 0 Å². The van der Waals surface area contributed by atoms with E-state index >= 15 is 0 Å². The quantitative estimate of drug-likeness (QED) is 0.441. The van der Waals surface area contributed by atoms with Gasteiger partial charge in [0, 0.05) is 48.4 Å². The summed E-state index contributed by atoms with van der Waals surface area (Å²) in [5, 5.41) is 17.3. The van der Waals surface area contributed by atoms with Crippen LogP contribution in [0.15, 0.2) is 29.2 Å². The van der Waals surface area contributed by atoms with Gasteiger partial charge in [-0.3, -0.25) is 4.79 Å². The Bertz CT molecular complexity index is 1590. The smallest absolute Gasteiger partial charge is 0.301 e. The number of aryl methyl sites for hydroxylation is 1. The molecular formula is C26H30ClF2N7O3. The number of aliphatic hydroxyl groups excluding tert-OH is 1. The summed E-state index contributed by atoms with van der Waals surface area (Å²) >= 11 is 6.42. The predicted molar refractivity (Wildman–Crippen MR) is 146 cm³/mol. The Labute approximate surface area is 232 Å². The van der Waals surface area contributed by atoms with Crippen LogP contribution in [-0.2, 0) is 7.05 Å². The third kappa shape index (κ3) is 4.96. The Morgan fingerprint density at radius 1 is 1.31 bits per heavy atom. The van der Waals surface area contributed by atoms with E-state index in [9.17, 15) is 18.7 Å². The summed E-state index contributed by atoms with van der Waals surface area (Å²) in [6.07, 6.45) is 1.82. The van der Waals surface area contributed by atoms with Crippen molar-refractivity contribution in [1.82, 2.24) is 19.4 Å². The summed E-state index contributed by atoms with van der Waals surface area (Å²) in [5.74, 6) is -3.03. The standard InChI is InChI=1S/C26H30ClF2N7O3/c1-34-7-8-36(12-16(37)11-34)25-30-10-18(27)23(33-25)31-15-5-6-19-17(9-15)20-21(24(38)35(19)2)39-13-26(28,29)22(32-20)14-3-4-14/h5-6,9-10,14,16,22,32,37H,3-4,7-8,11-13H2,1-2H3,(H,30,31,33)/t16?,22-/m0/s1/i1D3. The topological polar surface area (TPSA) is 108 Å². The second-order valence-corrected chi connectivity index (χ2v) is 10.8. The molecule has 208 valence electrons. The van der Waals surface area contributed by atoms with Gasteiger partial charge in [0.15, 0.2) is 12.4 Å². The van der Waals surface area contributed by atoms with E-state index in [-0.39, 0.29) is 60.3 Å². The van der Waals surface area contributed by atoms with Crippen LogP contribution in [0.2, 0.25) is 5.02 Å². The van der Waals surface area contributed by atoms with Gasteiger partial charge in [-0.1, -0.05) is 11.6 Å². The fourth-order valence-corrected chi connectivity index (χ4v) is 5.33. The van der Waals surface area contributed by atoms with Gasteiger partial charge in [-0.05, 0) is 43.9 Å². The molecule has 3 aliphatic rings. The second kappa shape index (κ2) is 9.76. The maximum atomic E-state index is 15.0. The molecule has 1 saturated heterocycles. The lowest BCUT2D eigenvalue weighted by atomic mass is 10.0. The highest BCUT2D eigenvalue weighted by molar-refractivity contribution is 6.32. The second-order valence-electron chi connectivity index (χ2n) is 10.3. The number of rotatable bonds is 4. The minimum atomic E-state index is -3.15. The van der Waals surface area contributed by atoms with Gasteiger partial charge in [0.25, 0.3) is 5.56 Å². The van der Waals surface area contributed by atoms with Gasteiger partial charge in [0.1, 0.15) is 5.02 Å². The van der Waals surface area contributed by atoms with E-state index in [4.69, 9.17) is 20.5 Å². The van der Waals surface area contributed by atoms with E-state index in [0.717, 1.165) is 0 Å². The van der Waals surface area contributed by atoms with E-state index in [2.05, 4.69) is 20.6 Å². The van der Waals surface area contributed by atoms with Crippen molar-refractivity contribution >= 4 is 45.6 Å². The molecule has 3 aromatic rings. The van der Waals surface area contributed by atoms with Gasteiger partial charge < -0.3 is 34.8 Å². The molecule has 2 aromatic heterocycles. The summed E-state index contributed by atoms with van der Waals surface area (Å²) < 4.78 is 59.8. The number of pyridine rings is 1. The van der Waals surface area contributed by atoms with Crippen molar-refractivity contribution in [2.24, 2.45) is 13.0 Å². The first kappa shape index (κ1) is 22.6. The molecule has 0 amide bonds. The van der Waals surface area contributed by atoms with Crippen LogP contribution >= 0.6 is 11.6 Å². The number of anilines is 4. The normalized spacial score (nSPS) is 24.8. The van der Waals surface area contributed by atoms with E-state index < -0.39 is 37.2 Å². The first-order chi connectivity index (χ1) is 19.8. The third-order valence-corrected chi connectivity index (χ3v) is 7.67. The molecule has 4 heterocycles. The van der Waals surface area contributed by atoms with Crippen LogP contribution in [0.25, 0.3) is 10.9 Å². The maximum absolute atomic E-state index is 15.0. The number of halogens is 3. The lowest BCUT2D eigenvalue weighted by molar-refractivity contribution is -0.0579. The number of alkyl halides is 2. The largest absolute Gasteiger partial charge is 0.480 e. The Morgan fingerprint density at radius 2 is 2.13 bits per heavy atom. The summed E-state index contributed by atoms with van der Waals surface area (Å²) in [6, 6.07) is 3.95. The van der Waals surface area contributed by atoms with Gasteiger partial charge in [-0.25, -0.2) is 13.8 Å². The van der Waals surface area contributed by atoms with Crippen LogP contribution in [0.4, 0.5) is 31.9 Å². The van der Waals surface area contributed by atoms with Crippen LogP contribution in [0.3, 0.4) is 0 Å². The van der Waals surface area contributed by atoms with Gasteiger partial charge in [0.05, 0.1) is 29.5 Å². The number of nitrogens with one attached hydrogen (secondary N) is 2. The number of hydrogen-bond donors (Lipinski definition) is 3. The molecular weight excluding hydrogens is 532 g/mol. The van der Waals surface area contributed by atoms with Crippen molar-refractivity contribution in [3.05, 3.63) is 39.8 Å². The average Bonchev–Trinajstić information content (AvgIpc) is 3.78. The molecule has 1 unspecified atom stereocenters. The lowest BCUT2D eigenvalue weighted by Crippen LogP contribution is -2.44. The molecule has 0 spiro atoms. The number of aliphatic hydroxyl groups is 1. The van der Waals surface area contributed by atoms with Crippen LogP contribution in [0.5, 0.6) is 5.75 Å². The summed E-state index contributed by atoms with van der Waals surface area (Å²) in [5.41, 5.74) is 0.739. The van der Waals surface area contributed by atoms with Crippen molar-refractivity contribution < 1.29 is 22.7 Å². The number of likely N-dealkylation sites (N-methyl/N-ethyl adjacent to an activating group) is 1. The molecule has 1 saturated carbocycles. The predicted octanol–water partition coefficient (Wildman–Crippen LogP) is 3.06. The van der Waals surface area contributed by atoms with Crippen molar-refractivity contribution in [2.45, 2.75) is 30.9 Å². The third-order valence-electron chi connectivity index (χ3n) is 7.39. The zero-order valence-electron chi connectivity index (χ0n) is 24.1. The minimum absolute atomic E-state index is 0.0130. The van der Waals surface area contributed by atoms with Crippen molar-refractivity contribution in [2.75, 3.05) is 55.3 Å². The number of hydrogen-bond acceptors (Lipinski definition) is 9. The van der Waals surface area contributed by atoms with Gasteiger partial charge >= 0.3 is 5.92 Å². The van der Waals surface area contributed by atoms with Gasteiger partial charge in [-0.2, -0.15) is 4.98 Å². The fraction of sp³-hybridized carbons (Fsp3) is 0.500. The van der Waals surface area contributed by atoms with Crippen molar-refractivity contribution in [1.29, 1.82) is 0 Å². The molecule has 39 heavy (non-hydrogen) atoms.